The number of hydrogen-bond donors (Lipinski definition) is 3. The zero-order chi connectivity index (χ0) is 17.2. The van der Waals surface area contributed by atoms with Crippen molar-refractivity contribution in [3.63, 3.8) is 0 Å². The number of nitrogens with zero attached hydrogens (tertiary/aromatic N) is 1. The van der Waals surface area contributed by atoms with E-state index >= 15 is 0 Å². The van der Waals surface area contributed by atoms with Crippen LogP contribution in [0.4, 0.5) is 5.69 Å². The Labute approximate surface area is 162 Å². The largest absolute Gasteiger partial charge is 0.351 e. The lowest BCUT2D eigenvalue weighted by Gasteiger charge is -2.18. The van der Waals surface area contributed by atoms with Crippen molar-refractivity contribution in [3.8, 4) is 0 Å². The smallest absolute Gasteiger partial charge is 0.251 e. The van der Waals surface area contributed by atoms with Crippen LogP contribution in [0.3, 0.4) is 0 Å². The van der Waals surface area contributed by atoms with Crippen molar-refractivity contribution in [2.75, 3.05) is 38.0 Å². The Morgan fingerprint density at radius 2 is 1.84 bits per heavy atom. The third-order valence-corrected chi connectivity index (χ3v) is 3.80. The first kappa shape index (κ1) is 25.9. The van der Waals surface area contributed by atoms with Gasteiger partial charge in [-0.15, -0.1) is 24.8 Å². The summed E-state index contributed by atoms with van der Waals surface area (Å²) < 4.78 is 0. The fourth-order valence-corrected chi connectivity index (χ4v) is 2.08. The van der Waals surface area contributed by atoms with Gasteiger partial charge in [-0.25, -0.2) is 0 Å². The van der Waals surface area contributed by atoms with Crippen LogP contribution in [0, 0.1) is 5.92 Å². The molecule has 2 amide bonds. The number of nitrogens with one attached hydrogen (secondary N) is 2. The molecule has 1 atom stereocenters. The molecule has 144 valence electrons. The number of carbonyl (C=O) groups is 2. The van der Waals surface area contributed by atoms with E-state index in [1.807, 2.05) is 0 Å². The molecule has 6 nitrogen and oxygen atoms in total. The summed E-state index contributed by atoms with van der Waals surface area (Å²) >= 11 is 0. The molecular formula is C17H30Cl2N4O2. The quantitative estimate of drug-likeness (QED) is 0.600. The van der Waals surface area contributed by atoms with Crippen molar-refractivity contribution in [3.05, 3.63) is 29.8 Å². The highest BCUT2D eigenvalue weighted by Gasteiger charge is 2.12. The number of benzene rings is 1. The Balaban J connectivity index is 0. The number of rotatable bonds is 9. The van der Waals surface area contributed by atoms with Gasteiger partial charge in [-0.05, 0) is 31.3 Å². The van der Waals surface area contributed by atoms with E-state index in [2.05, 4.69) is 29.4 Å². The normalized spacial score (nSPS) is 11.1. The van der Waals surface area contributed by atoms with Gasteiger partial charge >= 0.3 is 0 Å². The highest BCUT2D eigenvalue weighted by molar-refractivity contribution is 5.97. The molecule has 0 spiro atoms. The Morgan fingerprint density at radius 1 is 1.20 bits per heavy atom. The lowest BCUT2D eigenvalue weighted by atomic mass is 10.1. The molecule has 4 N–H and O–H groups in total. The number of carbonyl (C=O) groups excluding carboxylic acids is 2. The fraction of sp³-hybridized carbons (Fsp3) is 0.529. The lowest BCUT2D eigenvalue weighted by molar-refractivity contribution is -0.119. The zero-order valence-electron chi connectivity index (χ0n) is 15.1. The monoisotopic (exact) mass is 392 g/mol. The van der Waals surface area contributed by atoms with Gasteiger partial charge in [0.15, 0.2) is 0 Å². The second-order valence-corrected chi connectivity index (χ2v) is 5.49. The van der Waals surface area contributed by atoms with E-state index < -0.39 is 0 Å². The molecule has 0 aliphatic carbocycles. The maximum atomic E-state index is 12.2. The van der Waals surface area contributed by atoms with Crippen molar-refractivity contribution < 1.29 is 9.59 Å². The highest BCUT2D eigenvalue weighted by Crippen LogP contribution is 2.12. The van der Waals surface area contributed by atoms with E-state index in [0.29, 0.717) is 17.8 Å². The van der Waals surface area contributed by atoms with Crippen LogP contribution in [0.5, 0.6) is 0 Å². The number of amides is 2. The van der Waals surface area contributed by atoms with Crippen LogP contribution < -0.4 is 16.4 Å². The minimum absolute atomic E-state index is 0. The summed E-state index contributed by atoms with van der Waals surface area (Å²) in [7, 11) is 0. The van der Waals surface area contributed by atoms with Gasteiger partial charge in [0.1, 0.15) is 0 Å². The molecule has 0 fully saturated rings. The molecule has 1 rings (SSSR count). The van der Waals surface area contributed by atoms with Gasteiger partial charge in [-0.2, -0.15) is 0 Å². The van der Waals surface area contributed by atoms with Crippen LogP contribution in [0.2, 0.25) is 0 Å². The summed E-state index contributed by atoms with van der Waals surface area (Å²) in [4.78, 5) is 26.3. The maximum absolute atomic E-state index is 12.2. The molecule has 1 aromatic rings. The molecule has 0 bridgehead atoms. The van der Waals surface area contributed by atoms with Crippen molar-refractivity contribution in [1.82, 2.24) is 10.2 Å². The van der Waals surface area contributed by atoms with Crippen LogP contribution in [0.1, 0.15) is 31.1 Å². The Kier molecular flexibility index (Phi) is 14.4. The average Bonchev–Trinajstić information content (AvgIpc) is 2.58. The lowest BCUT2D eigenvalue weighted by Crippen LogP contribution is -2.34. The number of halogens is 2. The molecule has 1 unspecified atom stereocenters. The topological polar surface area (TPSA) is 87.5 Å². The second-order valence-electron chi connectivity index (χ2n) is 5.49. The van der Waals surface area contributed by atoms with Gasteiger partial charge in [0, 0.05) is 36.8 Å². The van der Waals surface area contributed by atoms with E-state index in [0.717, 1.165) is 19.6 Å². The van der Waals surface area contributed by atoms with Gasteiger partial charge in [0.05, 0.1) is 0 Å². The summed E-state index contributed by atoms with van der Waals surface area (Å²) in [5, 5.41) is 5.67. The van der Waals surface area contributed by atoms with E-state index in [4.69, 9.17) is 5.73 Å². The number of anilines is 1. The highest BCUT2D eigenvalue weighted by atomic mass is 35.5. The van der Waals surface area contributed by atoms with Crippen LogP contribution in [0.15, 0.2) is 24.3 Å². The SMILES string of the molecule is CCN(CC)CCNC(=O)c1cccc(NC(=O)C(C)CN)c1.Cl.Cl. The van der Waals surface area contributed by atoms with Gasteiger partial charge in [-0.3, -0.25) is 9.59 Å². The average molecular weight is 393 g/mol. The minimum Gasteiger partial charge on any atom is -0.351 e. The number of likely N-dealkylation sites (N-methyl/N-ethyl adjacent to an activating group) is 1. The molecule has 0 saturated heterocycles. The Morgan fingerprint density at radius 3 is 2.40 bits per heavy atom. The molecule has 25 heavy (non-hydrogen) atoms. The van der Waals surface area contributed by atoms with Crippen LogP contribution in [-0.2, 0) is 4.79 Å². The predicted molar refractivity (Wildman–Crippen MR) is 108 cm³/mol. The van der Waals surface area contributed by atoms with E-state index in [1.165, 1.54) is 0 Å². The molecule has 1 aromatic carbocycles. The Hall–Kier alpha value is -1.34. The van der Waals surface area contributed by atoms with Gasteiger partial charge in [-0.1, -0.05) is 26.8 Å². The zero-order valence-corrected chi connectivity index (χ0v) is 16.7. The second kappa shape index (κ2) is 13.9. The van der Waals surface area contributed by atoms with Crippen molar-refractivity contribution in [2.24, 2.45) is 11.7 Å². The first-order valence-corrected chi connectivity index (χ1v) is 8.13. The first-order chi connectivity index (χ1) is 11.0. The summed E-state index contributed by atoms with van der Waals surface area (Å²) in [6.45, 7) is 9.60. The van der Waals surface area contributed by atoms with Crippen LogP contribution in [0.25, 0.3) is 0 Å². The van der Waals surface area contributed by atoms with Crippen LogP contribution in [-0.4, -0.2) is 49.4 Å². The Bertz CT molecular complexity index is 525. The summed E-state index contributed by atoms with van der Waals surface area (Å²) in [6, 6.07) is 6.92. The molecule has 0 aromatic heterocycles. The van der Waals surface area contributed by atoms with Crippen molar-refractivity contribution in [1.29, 1.82) is 0 Å². The van der Waals surface area contributed by atoms with Crippen molar-refractivity contribution in [2.45, 2.75) is 20.8 Å². The molecule has 0 saturated carbocycles. The molecule has 0 aliphatic rings. The third kappa shape index (κ3) is 9.07. The molecule has 0 heterocycles. The molecule has 8 heteroatoms. The van der Waals surface area contributed by atoms with E-state index in [-0.39, 0.29) is 49.1 Å². The number of nitrogens with two attached hydrogens (primary N) is 1. The summed E-state index contributed by atoms with van der Waals surface area (Å²) in [6.07, 6.45) is 0. The summed E-state index contributed by atoms with van der Waals surface area (Å²) in [5.41, 5.74) is 6.61. The van der Waals surface area contributed by atoms with Crippen molar-refractivity contribution >= 4 is 42.3 Å². The molecule has 0 radical (unpaired) electrons. The van der Waals surface area contributed by atoms with Gasteiger partial charge in [0.2, 0.25) is 5.91 Å². The predicted octanol–water partition coefficient (Wildman–Crippen LogP) is 2.14. The molecule has 0 aliphatic heterocycles. The first-order valence-electron chi connectivity index (χ1n) is 8.13. The van der Waals surface area contributed by atoms with Gasteiger partial charge in [0.25, 0.3) is 5.91 Å². The van der Waals surface area contributed by atoms with E-state index in [9.17, 15) is 9.59 Å². The minimum atomic E-state index is -0.262. The van der Waals surface area contributed by atoms with Gasteiger partial charge < -0.3 is 21.3 Å². The summed E-state index contributed by atoms with van der Waals surface area (Å²) in [5.74, 6) is -0.548. The van der Waals surface area contributed by atoms with Crippen LogP contribution >= 0.6 is 24.8 Å². The number of hydrogen-bond acceptors (Lipinski definition) is 4. The fourth-order valence-electron chi connectivity index (χ4n) is 2.08. The third-order valence-electron chi connectivity index (χ3n) is 3.80. The van der Waals surface area contributed by atoms with E-state index in [1.54, 1.807) is 31.2 Å². The maximum Gasteiger partial charge on any atom is 0.251 e. The standard InChI is InChI=1S/C17H28N4O2.2ClH/c1-4-21(5-2)10-9-19-17(23)14-7-6-8-15(11-14)20-16(22)13(3)12-18;;/h6-8,11,13H,4-5,9-10,12,18H2,1-3H3,(H,19,23)(H,20,22);2*1H. The molecular weight excluding hydrogens is 363 g/mol.